The topological polar surface area (TPSA) is 106 Å². The van der Waals surface area contributed by atoms with Gasteiger partial charge in [-0.25, -0.2) is 8.42 Å². The molecule has 1 aromatic heterocycles. The molecule has 0 radical (unpaired) electrons. The van der Waals surface area contributed by atoms with Gasteiger partial charge in [0.05, 0.1) is 25.6 Å². The Balaban J connectivity index is 1.74. The summed E-state index contributed by atoms with van der Waals surface area (Å²) in [4.78, 5) is 18.5. The van der Waals surface area contributed by atoms with Crippen LogP contribution in [0.25, 0.3) is 11.4 Å². The predicted molar refractivity (Wildman–Crippen MR) is 112 cm³/mol. The summed E-state index contributed by atoms with van der Waals surface area (Å²) in [6, 6.07) is 13.6. The maximum atomic E-state index is 12.8. The van der Waals surface area contributed by atoms with Crippen LogP contribution in [0.3, 0.4) is 0 Å². The van der Waals surface area contributed by atoms with Crippen molar-refractivity contribution in [2.24, 2.45) is 0 Å². The first-order chi connectivity index (χ1) is 14.2. The zero-order chi connectivity index (χ0) is 21.9. The van der Waals surface area contributed by atoms with Crippen LogP contribution in [-0.4, -0.2) is 56.8 Å². The number of methoxy groups -OCH3 is 1. The molecule has 0 saturated heterocycles. The van der Waals surface area contributed by atoms with E-state index in [1.54, 1.807) is 38.4 Å². The fourth-order valence-electron chi connectivity index (χ4n) is 2.72. The number of amides is 1. The van der Waals surface area contributed by atoms with Gasteiger partial charge < -0.3 is 14.2 Å². The monoisotopic (exact) mass is 430 g/mol. The highest BCUT2D eigenvalue weighted by atomic mass is 32.2. The van der Waals surface area contributed by atoms with Gasteiger partial charge in [-0.3, -0.25) is 9.10 Å². The minimum absolute atomic E-state index is 0.0992. The molecule has 0 aliphatic carbocycles. The van der Waals surface area contributed by atoms with Gasteiger partial charge in [-0.2, -0.15) is 4.98 Å². The van der Waals surface area contributed by atoms with Gasteiger partial charge in [0.1, 0.15) is 5.75 Å². The third-order valence-corrected chi connectivity index (χ3v) is 5.68. The molecule has 0 spiro atoms. The van der Waals surface area contributed by atoms with E-state index in [1.165, 1.54) is 18.0 Å². The number of nitrogens with zero attached hydrogens (tertiary/aromatic N) is 4. The van der Waals surface area contributed by atoms with E-state index in [9.17, 15) is 13.2 Å². The minimum atomic E-state index is -3.43. The molecule has 10 heteroatoms. The van der Waals surface area contributed by atoms with E-state index < -0.39 is 10.0 Å². The van der Waals surface area contributed by atoms with Crippen LogP contribution in [0.5, 0.6) is 5.75 Å². The molecule has 3 rings (SSSR count). The van der Waals surface area contributed by atoms with Gasteiger partial charge in [0.2, 0.25) is 21.7 Å². The molecule has 2 aromatic carbocycles. The molecule has 0 bridgehead atoms. The van der Waals surface area contributed by atoms with Crippen molar-refractivity contribution in [3.8, 4) is 17.1 Å². The summed E-state index contributed by atoms with van der Waals surface area (Å²) in [6.07, 6.45) is 1.10. The number of carbonyl (C=O) groups is 1. The number of ether oxygens (including phenoxy) is 1. The van der Waals surface area contributed by atoms with Crippen molar-refractivity contribution in [1.29, 1.82) is 0 Å². The summed E-state index contributed by atoms with van der Waals surface area (Å²) in [6.45, 7) is 0.0992. The van der Waals surface area contributed by atoms with E-state index >= 15 is 0 Å². The Labute approximate surface area is 174 Å². The zero-order valence-electron chi connectivity index (χ0n) is 17.1. The highest BCUT2D eigenvalue weighted by molar-refractivity contribution is 7.92. The van der Waals surface area contributed by atoms with E-state index in [0.717, 1.165) is 16.1 Å². The quantitative estimate of drug-likeness (QED) is 0.567. The Kier molecular flexibility index (Phi) is 6.06. The van der Waals surface area contributed by atoms with Crippen LogP contribution in [0.2, 0.25) is 0 Å². The number of hydrogen-bond donors (Lipinski definition) is 0. The highest BCUT2D eigenvalue weighted by Gasteiger charge is 2.19. The first-order valence-electron chi connectivity index (χ1n) is 8.95. The second kappa shape index (κ2) is 8.54. The highest BCUT2D eigenvalue weighted by Crippen LogP contribution is 2.22. The molecule has 158 valence electrons. The first-order valence-corrected chi connectivity index (χ1v) is 10.8. The van der Waals surface area contributed by atoms with Crippen LogP contribution >= 0.6 is 0 Å². The number of carbonyl (C=O) groups excluding carboxylic acids is 1. The first kappa shape index (κ1) is 21.3. The number of anilines is 1. The Morgan fingerprint density at radius 2 is 1.87 bits per heavy atom. The number of sulfonamides is 1. The van der Waals surface area contributed by atoms with Crippen LogP contribution in [0.4, 0.5) is 5.69 Å². The lowest BCUT2D eigenvalue weighted by molar-refractivity contribution is 0.0769. The third kappa shape index (κ3) is 4.77. The van der Waals surface area contributed by atoms with Gasteiger partial charge in [-0.05, 0) is 30.3 Å². The lowest BCUT2D eigenvalue weighted by Crippen LogP contribution is -2.28. The maximum Gasteiger partial charge on any atom is 0.254 e. The molecule has 0 atom stereocenters. The molecule has 0 saturated carbocycles. The molecular weight excluding hydrogens is 408 g/mol. The van der Waals surface area contributed by atoms with Crippen molar-refractivity contribution in [3.05, 3.63) is 60.0 Å². The lowest BCUT2D eigenvalue weighted by Gasteiger charge is -2.19. The second-order valence-electron chi connectivity index (χ2n) is 6.69. The Morgan fingerprint density at radius 3 is 2.57 bits per heavy atom. The minimum Gasteiger partial charge on any atom is -0.497 e. The zero-order valence-corrected chi connectivity index (χ0v) is 17.9. The molecule has 0 N–H and O–H groups in total. The molecule has 30 heavy (non-hydrogen) atoms. The Bertz CT molecular complexity index is 1160. The molecule has 0 aliphatic heterocycles. The molecular formula is C20H22N4O5S. The van der Waals surface area contributed by atoms with Crippen molar-refractivity contribution in [2.75, 3.05) is 31.8 Å². The van der Waals surface area contributed by atoms with Crippen molar-refractivity contribution in [1.82, 2.24) is 15.0 Å². The fraction of sp³-hybridized carbons (Fsp3) is 0.250. The second-order valence-corrected chi connectivity index (χ2v) is 8.70. The maximum absolute atomic E-state index is 12.8. The van der Waals surface area contributed by atoms with Crippen molar-refractivity contribution in [3.63, 3.8) is 0 Å². The number of rotatable bonds is 7. The largest absolute Gasteiger partial charge is 0.497 e. The fourth-order valence-corrected chi connectivity index (χ4v) is 3.22. The third-order valence-electron chi connectivity index (χ3n) is 4.47. The smallest absolute Gasteiger partial charge is 0.254 e. The van der Waals surface area contributed by atoms with Gasteiger partial charge in [0.25, 0.3) is 5.91 Å². The van der Waals surface area contributed by atoms with Crippen LogP contribution < -0.4 is 9.04 Å². The SMILES string of the molecule is COc1cccc(-c2noc(CN(C)C(=O)c3cccc(N(C)S(C)(=O)=O)c3)n2)c1. The summed E-state index contributed by atoms with van der Waals surface area (Å²) in [5.74, 6) is 1.03. The Morgan fingerprint density at radius 1 is 1.13 bits per heavy atom. The molecule has 9 nitrogen and oxygen atoms in total. The normalized spacial score (nSPS) is 11.2. The molecule has 0 aliphatic rings. The van der Waals surface area contributed by atoms with Crippen molar-refractivity contribution in [2.45, 2.75) is 6.54 Å². The van der Waals surface area contributed by atoms with Gasteiger partial charge >= 0.3 is 0 Å². The predicted octanol–water partition coefficient (Wildman–Crippen LogP) is 2.41. The van der Waals surface area contributed by atoms with Crippen LogP contribution in [0, 0.1) is 0 Å². The molecule has 0 unspecified atom stereocenters. The summed E-state index contributed by atoms with van der Waals surface area (Å²) in [7, 11) is 1.18. The average Bonchev–Trinajstić information content (AvgIpc) is 3.20. The summed E-state index contributed by atoms with van der Waals surface area (Å²) < 4.78 is 35.1. The Hall–Kier alpha value is -3.40. The molecule has 3 aromatic rings. The van der Waals surface area contributed by atoms with E-state index in [4.69, 9.17) is 9.26 Å². The standard InChI is InChI=1S/C20H22N4O5S/c1-23(20(25)15-8-5-9-16(11-15)24(2)30(4,26)27)13-18-21-19(22-29-18)14-7-6-10-17(12-14)28-3/h5-12H,13H2,1-4H3. The van der Waals surface area contributed by atoms with Crippen LogP contribution in [0.1, 0.15) is 16.2 Å². The number of aromatic nitrogens is 2. The summed E-state index contributed by atoms with van der Waals surface area (Å²) >= 11 is 0. The van der Waals surface area contributed by atoms with E-state index in [2.05, 4.69) is 10.1 Å². The summed E-state index contributed by atoms with van der Waals surface area (Å²) in [5.41, 5.74) is 1.47. The lowest BCUT2D eigenvalue weighted by atomic mass is 10.2. The van der Waals surface area contributed by atoms with Gasteiger partial charge in [-0.15, -0.1) is 0 Å². The van der Waals surface area contributed by atoms with Gasteiger partial charge in [-0.1, -0.05) is 23.4 Å². The summed E-state index contributed by atoms with van der Waals surface area (Å²) in [5, 5.41) is 3.96. The van der Waals surface area contributed by atoms with Crippen LogP contribution in [-0.2, 0) is 16.6 Å². The van der Waals surface area contributed by atoms with Crippen molar-refractivity contribution >= 4 is 21.6 Å². The van der Waals surface area contributed by atoms with Gasteiger partial charge in [0, 0.05) is 25.2 Å². The number of hydrogen-bond acceptors (Lipinski definition) is 7. The van der Waals surface area contributed by atoms with Crippen LogP contribution in [0.15, 0.2) is 53.1 Å². The van der Waals surface area contributed by atoms with Gasteiger partial charge in [0.15, 0.2) is 0 Å². The molecule has 1 heterocycles. The van der Waals surface area contributed by atoms with E-state index in [0.29, 0.717) is 22.8 Å². The number of benzene rings is 2. The molecule has 1 amide bonds. The van der Waals surface area contributed by atoms with Crippen molar-refractivity contribution < 1.29 is 22.5 Å². The average molecular weight is 430 g/mol. The van der Waals surface area contributed by atoms with E-state index in [-0.39, 0.29) is 18.3 Å². The molecule has 0 fully saturated rings. The van der Waals surface area contributed by atoms with E-state index in [1.807, 2.05) is 18.2 Å².